The van der Waals surface area contributed by atoms with Gasteiger partial charge in [0.15, 0.2) is 34.0 Å². The van der Waals surface area contributed by atoms with Crippen molar-refractivity contribution in [3.8, 4) is 69.1 Å². The number of amides is 2. The van der Waals surface area contributed by atoms with Gasteiger partial charge in [-0.15, -0.1) is 0 Å². The van der Waals surface area contributed by atoms with E-state index >= 15 is 0 Å². The lowest BCUT2D eigenvalue weighted by Gasteiger charge is -2.32. The molecule has 0 saturated carbocycles. The number of nitrogens with one attached hydrogen (secondary N) is 4. The number of fused-ring (bicyclic) bond motifs is 3. The molecule has 11 aromatic rings. The number of carboxylic acids is 1. The van der Waals surface area contributed by atoms with Gasteiger partial charge >= 0.3 is 13.1 Å². The van der Waals surface area contributed by atoms with Crippen molar-refractivity contribution in [3.05, 3.63) is 172 Å². The van der Waals surface area contributed by atoms with E-state index in [2.05, 4.69) is 106 Å². The second-order valence-corrected chi connectivity index (χ2v) is 35.7. The van der Waals surface area contributed by atoms with Gasteiger partial charge in [0.2, 0.25) is 0 Å². The first-order valence-corrected chi connectivity index (χ1v) is 42.2. The van der Waals surface area contributed by atoms with E-state index in [1.165, 1.54) is 32.7 Å². The minimum Gasteiger partial charge on any atom is -0.494 e. The predicted octanol–water partition coefficient (Wildman–Crippen LogP) is 16.2. The maximum Gasteiger partial charge on any atom is 0.494 e. The monoisotopic (exact) mass is 1740 g/mol. The summed E-state index contributed by atoms with van der Waals surface area (Å²) in [6, 6.07) is 32.2. The number of aromatic nitrogens is 6. The number of hydrogen-bond acceptors (Lipinski definition) is 26. The van der Waals surface area contributed by atoms with E-state index in [1.807, 2.05) is 139 Å². The van der Waals surface area contributed by atoms with Gasteiger partial charge in [-0.2, -0.15) is 10.5 Å². The summed E-state index contributed by atoms with van der Waals surface area (Å²) >= 11 is 12.2. The summed E-state index contributed by atoms with van der Waals surface area (Å²) in [4.78, 5) is 69.1. The molecule has 3 saturated heterocycles. The van der Waals surface area contributed by atoms with Crippen LogP contribution in [0.1, 0.15) is 162 Å². The van der Waals surface area contributed by atoms with E-state index in [-0.39, 0.29) is 45.7 Å². The molecule has 3 fully saturated rings. The molecule has 0 spiro atoms. The van der Waals surface area contributed by atoms with Crippen molar-refractivity contribution < 1.29 is 61.0 Å². The Bertz CT molecular complexity index is 5640. The van der Waals surface area contributed by atoms with Crippen LogP contribution in [0.5, 0.6) is 11.5 Å². The molecule has 3 aliphatic rings. The van der Waals surface area contributed by atoms with Gasteiger partial charge in [0.1, 0.15) is 57.3 Å². The second-order valence-electron chi connectivity index (χ2n) is 34.9. The van der Waals surface area contributed by atoms with E-state index in [1.54, 1.807) is 61.2 Å². The molecule has 662 valence electrons. The molecule has 0 bridgehead atoms. The largest absolute Gasteiger partial charge is 0.494 e. The van der Waals surface area contributed by atoms with Crippen molar-refractivity contribution in [2.45, 2.75) is 161 Å². The Hall–Kier alpha value is -11.1. The first-order chi connectivity index (χ1) is 59.2. The van der Waals surface area contributed by atoms with Crippen LogP contribution < -0.4 is 41.9 Å². The molecule has 2 aromatic carbocycles. The molecule has 2 amide bonds. The maximum absolute atomic E-state index is 13.1. The first-order valence-electron chi connectivity index (χ1n) is 41.4. The van der Waals surface area contributed by atoms with Crippen molar-refractivity contribution in [1.29, 1.82) is 10.5 Å². The van der Waals surface area contributed by atoms with E-state index < -0.39 is 18.6 Å². The number of halogens is 2. The third-order valence-corrected chi connectivity index (χ3v) is 22.2. The molecule has 0 unspecified atom stereocenters. The lowest BCUT2D eigenvalue weighted by Crippen LogP contribution is -2.45. The van der Waals surface area contributed by atoms with E-state index in [9.17, 15) is 24.9 Å². The number of carbonyl (C=O) groups is 3. The number of aryl methyl sites for hydroxylation is 1. The van der Waals surface area contributed by atoms with Gasteiger partial charge in [0, 0.05) is 116 Å². The summed E-state index contributed by atoms with van der Waals surface area (Å²) in [5.41, 5.74) is 16.4. The van der Waals surface area contributed by atoms with Gasteiger partial charge in [-0.25, -0.2) is 14.8 Å². The number of aromatic carboxylic acids is 1. The maximum atomic E-state index is 13.1. The topological polar surface area (TPSA) is 375 Å². The summed E-state index contributed by atoms with van der Waals surface area (Å²) in [5.74, 6) is 0.702. The number of carboxylic acid groups (broad SMARTS) is 1. The molecule has 9 aromatic heterocycles. The summed E-state index contributed by atoms with van der Waals surface area (Å²) in [7, 11) is 14.7. The SMILES string of the molecule is CC1(C)OB(c2ccc(NC3CCOCC3)c(C#N)c2)OC1(C)C.CN(C)CCC(C)(C)N.COc1cc(C(=O)NC(C)(C)CCN(C)C)cnc1-c1cc2nccc(-c3ccc(NC4CCOCC4)c(C#N)c3)c2o1.COc1cc(C(=O)O)cnc1-c1cc2nccc(Cl)c2o1.Cc1cc(C(=O)NC(C)(C)CCN(C)C)cnc1-c1cc2nccc(Cl)c2o1. The van der Waals surface area contributed by atoms with Crippen molar-refractivity contribution in [3.63, 3.8) is 0 Å². The third kappa shape index (κ3) is 26.0. The Morgan fingerprint density at radius 3 is 1.37 bits per heavy atom. The van der Waals surface area contributed by atoms with Crippen LogP contribution in [0.15, 0.2) is 141 Å². The molecule has 0 radical (unpaired) electrons. The molecule has 0 atom stereocenters. The predicted molar refractivity (Wildman–Crippen MR) is 489 cm³/mol. The van der Waals surface area contributed by atoms with Gasteiger partial charge in [0.05, 0.1) is 74.7 Å². The van der Waals surface area contributed by atoms with E-state index in [4.69, 9.17) is 75.5 Å². The lowest BCUT2D eigenvalue weighted by atomic mass is 9.78. The van der Waals surface area contributed by atoms with Crippen LogP contribution in [-0.4, -0.2) is 217 Å². The minimum absolute atomic E-state index is 0.00965. The van der Waals surface area contributed by atoms with Gasteiger partial charge in [-0.3, -0.25) is 29.5 Å². The van der Waals surface area contributed by atoms with Gasteiger partial charge < -0.3 is 88.3 Å². The zero-order chi connectivity index (χ0) is 90.9. The number of rotatable bonds is 25. The molecule has 12 heterocycles. The Balaban J connectivity index is 0.000000174. The highest BCUT2D eigenvalue weighted by molar-refractivity contribution is 6.62. The van der Waals surface area contributed by atoms with Crippen molar-refractivity contribution >= 4 is 98.2 Å². The number of nitrogens with two attached hydrogens (primary N) is 1. The zero-order valence-electron chi connectivity index (χ0n) is 74.9. The van der Waals surface area contributed by atoms with E-state index in [0.717, 1.165) is 125 Å². The average Bonchev–Trinajstić information content (AvgIpc) is 1.67. The van der Waals surface area contributed by atoms with Gasteiger partial charge in [0.25, 0.3) is 11.8 Å². The highest BCUT2D eigenvalue weighted by Gasteiger charge is 2.52. The average molecular weight is 1750 g/mol. The molecule has 14 rings (SSSR count). The molecular weight excluding hydrogens is 1630 g/mol. The van der Waals surface area contributed by atoms with Crippen LogP contribution in [0.25, 0.3) is 78.8 Å². The quantitative estimate of drug-likeness (QED) is 0.0289. The molecule has 32 heteroatoms. The van der Waals surface area contributed by atoms with Crippen LogP contribution in [0, 0.1) is 29.6 Å². The summed E-state index contributed by atoms with van der Waals surface area (Å²) < 4.78 is 51.6. The van der Waals surface area contributed by atoms with Crippen LogP contribution in [0.2, 0.25) is 10.0 Å². The zero-order valence-corrected chi connectivity index (χ0v) is 76.4. The summed E-state index contributed by atoms with van der Waals surface area (Å²) in [5, 5.41) is 42.5. The number of nitrogens with zero attached hydrogens (tertiary/aromatic N) is 11. The molecule has 3 aliphatic heterocycles. The molecule has 125 heavy (non-hydrogen) atoms. The number of furan rings is 3. The number of benzene rings is 2. The number of ether oxygens (including phenoxy) is 4. The molecular formula is C93H115BCl2N16O13. The highest BCUT2D eigenvalue weighted by atomic mass is 35.5. The fourth-order valence-corrected chi connectivity index (χ4v) is 13.8. The Morgan fingerprint density at radius 2 is 0.944 bits per heavy atom. The van der Waals surface area contributed by atoms with Gasteiger partial charge in [-0.1, -0.05) is 35.3 Å². The van der Waals surface area contributed by atoms with Crippen molar-refractivity contribution in [1.82, 2.24) is 55.2 Å². The number of pyridine rings is 6. The fraction of sp³-hybridized carbons (Fsp3) is 0.430. The molecule has 7 N–H and O–H groups in total. The fourth-order valence-electron chi connectivity index (χ4n) is 13.5. The lowest BCUT2D eigenvalue weighted by molar-refractivity contribution is 0.00578. The molecule has 29 nitrogen and oxygen atoms in total. The van der Waals surface area contributed by atoms with Crippen molar-refractivity contribution in [2.75, 3.05) is 113 Å². The number of carbonyl (C=O) groups excluding carboxylic acids is 2. The number of methoxy groups -OCH3 is 2. The number of hydrogen-bond donors (Lipinski definition) is 6. The molecule has 0 aliphatic carbocycles. The van der Waals surface area contributed by atoms with Crippen LogP contribution in [0.3, 0.4) is 0 Å². The Labute approximate surface area is 741 Å². The van der Waals surface area contributed by atoms with Crippen LogP contribution in [-0.2, 0) is 18.8 Å². The summed E-state index contributed by atoms with van der Waals surface area (Å²) in [6.07, 6.45) is 15.7. The standard InChI is InChI=1S/C33H38N6O4.C21H25ClN4O2.C18H25BN2O3.C14H9ClN2O4.C7H18N2/c1-33(2,11-13-39(3)4)38-32(40)23-17-28(41-5)30(36-20-23)29-18-27-31(43-29)25(8-12-35-27)21-6-7-26(22(16-21)19-34)37-24-9-14-42-15-10-24;1-13-10-14(20(27)25-21(2,3)7-9-26(4)5)12-24-18(13)17-11-16-19(28-17)15(22)6-8-23-16;1-17(2)18(3,4)24-19(23-17)14-5-6-16(13(11-14)12-20)21-15-7-9-22-10-8-15;1-20-10-4-7(14(18)19)6-17-12(10)11-5-9-13(21-11)8(15)2-3-16-9;1-7(2,8)5-6-9(3)4/h6-8,12,16-18,20,24,37H,9-11,13-15H2,1-5H3,(H,38,40);6,8,10-12H,7,9H2,1-5H3,(H,25,27);5-6,11,15,21H,7-10H2,1-4H3;2-6H,1H3,(H,18,19);5-6,8H2,1-4H3. The number of nitriles is 2. The van der Waals surface area contributed by atoms with Crippen LogP contribution in [0.4, 0.5) is 11.4 Å². The normalized spacial score (nSPS) is 14.7. The van der Waals surface area contributed by atoms with Gasteiger partial charge in [-0.05, 0) is 260 Å². The van der Waals surface area contributed by atoms with Crippen LogP contribution >= 0.6 is 23.2 Å². The Kier molecular flexibility index (Phi) is 32.5. The van der Waals surface area contributed by atoms with E-state index in [0.29, 0.717) is 118 Å². The second kappa shape index (κ2) is 42.2. The summed E-state index contributed by atoms with van der Waals surface area (Å²) in [6.45, 7) is 28.0. The number of anilines is 2. The Morgan fingerprint density at radius 1 is 0.544 bits per heavy atom. The minimum atomic E-state index is -1.08. The van der Waals surface area contributed by atoms with Crippen molar-refractivity contribution in [2.24, 2.45) is 5.73 Å². The smallest absolute Gasteiger partial charge is 0.494 e. The first kappa shape index (κ1) is 96.1. The highest BCUT2D eigenvalue weighted by Crippen LogP contribution is 2.41. The third-order valence-electron chi connectivity index (χ3n) is 21.6.